The van der Waals surface area contributed by atoms with Gasteiger partial charge in [0.05, 0.1) is 41.6 Å². The predicted molar refractivity (Wildman–Crippen MR) is 281 cm³/mol. The Kier molecular flexibility index (Phi) is 44.1. The lowest BCUT2D eigenvalue weighted by Gasteiger charge is -2.45. The molecule has 6 N–H and O–H groups in total. The molecule has 0 amide bonds. The average Bonchev–Trinajstić information content (AvgIpc) is 3.32. The Hall–Kier alpha value is -2.14. The lowest BCUT2D eigenvalue weighted by molar-refractivity contribution is -0.266. The monoisotopic (exact) mass is 955 g/mol. The maximum absolute atomic E-state index is 12.5. The number of pyridine rings is 1. The molecule has 0 aliphatic carbocycles. The van der Waals surface area contributed by atoms with Gasteiger partial charge in [0, 0.05) is 75.8 Å². The van der Waals surface area contributed by atoms with Crippen LogP contribution < -0.4 is 10.6 Å². The van der Waals surface area contributed by atoms with Crippen molar-refractivity contribution in [3.63, 3.8) is 0 Å². The molecule has 2 saturated heterocycles. The van der Waals surface area contributed by atoms with E-state index in [4.69, 9.17) is 24.1 Å². The van der Waals surface area contributed by atoms with Crippen molar-refractivity contribution in [3.05, 3.63) is 42.1 Å². The van der Waals surface area contributed by atoms with Crippen LogP contribution in [0.15, 0.2) is 36.5 Å². The number of rotatable bonds is 21. The van der Waals surface area contributed by atoms with Gasteiger partial charge in [-0.3, -0.25) is 9.78 Å². The highest BCUT2D eigenvalue weighted by Crippen LogP contribution is 2.35. The molecule has 67 heavy (non-hydrogen) atoms. The summed E-state index contributed by atoms with van der Waals surface area (Å²) in [5, 5.41) is 47.9. The molecule has 6 unspecified atom stereocenters. The fourth-order valence-corrected chi connectivity index (χ4v) is 7.90. The second-order valence-electron chi connectivity index (χ2n) is 17.8. The molecule has 2 fully saturated rings. The van der Waals surface area contributed by atoms with Gasteiger partial charge in [0.15, 0.2) is 6.29 Å². The summed E-state index contributed by atoms with van der Waals surface area (Å²) < 4.78 is 22.8. The number of nitrogens with zero attached hydrogens (tertiary/aromatic N) is 2. The Morgan fingerprint density at radius 1 is 0.985 bits per heavy atom. The van der Waals surface area contributed by atoms with Crippen LogP contribution in [0.1, 0.15) is 160 Å². The molecule has 2 aliphatic rings. The third kappa shape index (κ3) is 30.9. The van der Waals surface area contributed by atoms with Crippen LogP contribution in [-0.4, -0.2) is 146 Å². The predicted octanol–water partition coefficient (Wildman–Crippen LogP) is 9.20. The van der Waals surface area contributed by atoms with Gasteiger partial charge in [-0.15, -0.1) is 0 Å². The molecule has 4 rings (SSSR count). The number of carbonyl (C=O) groups is 1. The maximum atomic E-state index is 12.5. The summed E-state index contributed by atoms with van der Waals surface area (Å²) >= 11 is 0. The van der Waals surface area contributed by atoms with Gasteiger partial charge in [-0.1, -0.05) is 87.4 Å². The lowest BCUT2D eigenvalue weighted by atomic mass is 9.77. The number of para-hydroxylation sites is 1. The Balaban J connectivity index is -0.000000986. The van der Waals surface area contributed by atoms with Crippen molar-refractivity contribution < 1.29 is 44.2 Å². The highest BCUT2D eigenvalue weighted by atomic mass is 16.7. The zero-order valence-corrected chi connectivity index (χ0v) is 46.1. The minimum Gasteiger partial charge on any atom is -0.396 e. The molecular weight excluding hydrogens is 849 g/mol. The van der Waals surface area contributed by atoms with Gasteiger partial charge in [0.25, 0.3) is 0 Å². The molecule has 11 atom stereocenters. The molecule has 0 saturated carbocycles. The molecule has 396 valence electrons. The smallest absolute Gasteiger partial charge is 0.159 e. The van der Waals surface area contributed by atoms with Crippen molar-refractivity contribution in [2.45, 2.75) is 210 Å². The van der Waals surface area contributed by atoms with E-state index in [-0.39, 0.29) is 24.2 Å². The van der Waals surface area contributed by atoms with E-state index < -0.39 is 42.0 Å². The number of hydrogen-bond acceptors (Lipinski definition) is 13. The Morgan fingerprint density at radius 3 is 2.12 bits per heavy atom. The van der Waals surface area contributed by atoms with Crippen LogP contribution in [0.4, 0.5) is 0 Å². The third-order valence-corrected chi connectivity index (χ3v) is 11.3. The standard InChI is InChI=1S/C25H50N2O6.C14H18N2O.C6H12O.C3H8O.3C2H6/c1-15(14-26-7)13-25(6,31)24(19(5)23(30)18(4)21(29)10-16(2)28)33-22-12-20(27(8)9)11-17(3)32-22;1-17-10-4-8-15-11-12-7-9-16-14-6-3-2-5-13(12)14;1-6-4-2-3-5-7-6;1-2-3-4;3*1-2/h15-20,22-24,26,28,30-31H,10-14H2,1-9H3;2-3,5-7,9,15H,4,8,10-11H2,1H3;6H,2-5H2,1H3;4H,2-3H2,1H3;3*1-2H3/t15-,16?,17?,18?,19+,20?,22?,23-,24-,25-;;;;;;/m1....../s1. The van der Waals surface area contributed by atoms with Gasteiger partial charge in [-0.2, -0.15) is 0 Å². The lowest BCUT2D eigenvalue weighted by Crippen LogP contribution is -2.54. The maximum Gasteiger partial charge on any atom is 0.159 e. The van der Waals surface area contributed by atoms with Crippen molar-refractivity contribution in [3.8, 4) is 0 Å². The van der Waals surface area contributed by atoms with Crippen LogP contribution in [-0.2, 0) is 30.3 Å². The molecule has 13 heteroatoms. The number of Topliss-reactive ketones (excluding diaryl/α,β-unsaturated/α-hetero) is 1. The first-order valence-electron chi connectivity index (χ1n) is 25.9. The van der Waals surface area contributed by atoms with Gasteiger partial charge in [0.1, 0.15) is 5.78 Å². The van der Waals surface area contributed by atoms with Crippen LogP contribution in [0.25, 0.3) is 10.9 Å². The van der Waals surface area contributed by atoms with Crippen molar-refractivity contribution in [1.29, 1.82) is 0 Å². The number of ketones is 1. The number of hydrogen-bond donors (Lipinski definition) is 6. The Bertz CT molecular complexity index is 1400. The summed E-state index contributed by atoms with van der Waals surface area (Å²) in [5.74, 6) is -1.25. The average molecular weight is 955 g/mol. The first-order chi connectivity index (χ1) is 31.9. The van der Waals surface area contributed by atoms with E-state index in [9.17, 15) is 20.1 Å². The van der Waals surface area contributed by atoms with E-state index in [1.807, 2.05) is 102 Å². The van der Waals surface area contributed by atoms with Crippen LogP contribution in [0.2, 0.25) is 0 Å². The second-order valence-corrected chi connectivity index (χ2v) is 17.8. The number of carbonyl (C=O) groups excluding carboxylic acids is 1. The fourth-order valence-electron chi connectivity index (χ4n) is 7.90. The normalized spacial score (nSPS) is 21.2. The molecule has 3 heterocycles. The number of aliphatic hydroxyl groups excluding tert-OH is 3. The highest BCUT2D eigenvalue weighted by molar-refractivity contribution is 5.82. The minimum absolute atomic E-state index is 0.0109. The third-order valence-electron chi connectivity index (χ3n) is 11.3. The molecule has 0 spiro atoms. The molecule has 13 nitrogen and oxygen atoms in total. The van der Waals surface area contributed by atoms with Crippen LogP contribution in [0.5, 0.6) is 0 Å². The first kappa shape index (κ1) is 69.1. The topological polar surface area (TPSA) is 175 Å². The Labute approximate surface area is 410 Å². The molecule has 2 aromatic rings. The first-order valence-corrected chi connectivity index (χ1v) is 25.9. The zero-order chi connectivity index (χ0) is 52.0. The molecule has 2 aliphatic heterocycles. The van der Waals surface area contributed by atoms with Crippen molar-refractivity contribution in [2.24, 2.45) is 17.8 Å². The number of aliphatic hydroxyl groups is 4. The van der Waals surface area contributed by atoms with E-state index >= 15 is 0 Å². The summed E-state index contributed by atoms with van der Waals surface area (Å²) in [5.41, 5.74) is 1.11. The number of methoxy groups -OCH3 is 1. The SMILES string of the molecule is CC.CC.CC.CC1CCCCO1.CCCO.CNC[C@H](C)C[C@@](C)(O)[C@H](OC1CC(N(C)C)CC(C)O1)[C@@H](C)[C@H](O)C(C)C(=O)CC(C)O.COCCCNCc1ccnc2ccccc12. The number of benzene rings is 1. The van der Waals surface area contributed by atoms with Gasteiger partial charge >= 0.3 is 0 Å². The van der Waals surface area contributed by atoms with E-state index in [0.29, 0.717) is 31.6 Å². The fraction of sp³-hybridized carbons (Fsp3) is 0.815. The van der Waals surface area contributed by atoms with Crippen LogP contribution in [0.3, 0.4) is 0 Å². The summed E-state index contributed by atoms with van der Waals surface area (Å²) in [6.45, 7) is 31.6. The number of ether oxygens (including phenoxy) is 4. The second kappa shape index (κ2) is 42.7. The molecule has 1 aromatic carbocycles. The number of aromatic nitrogens is 1. The van der Waals surface area contributed by atoms with Gasteiger partial charge in [-0.25, -0.2) is 0 Å². The number of nitrogens with one attached hydrogen (secondary N) is 2. The van der Waals surface area contributed by atoms with E-state index in [1.54, 1.807) is 27.9 Å². The summed E-state index contributed by atoms with van der Waals surface area (Å²) in [7, 11) is 7.68. The molecule has 0 bridgehead atoms. The molecule has 0 radical (unpaired) electrons. The van der Waals surface area contributed by atoms with Gasteiger partial charge < -0.3 is 54.9 Å². The minimum atomic E-state index is -1.25. The molecular formula is C54H106N4O9. The Morgan fingerprint density at radius 2 is 1.61 bits per heavy atom. The number of fused-ring (bicyclic) bond motifs is 1. The van der Waals surface area contributed by atoms with Crippen LogP contribution in [0, 0.1) is 17.8 Å². The molecule has 1 aromatic heterocycles. The summed E-state index contributed by atoms with van der Waals surface area (Å²) in [4.78, 5) is 19.0. The van der Waals surface area contributed by atoms with Crippen molar-refractivity contribution in [2.75, 3.05) is 61.2 Å². The summed E-state index contributed by atoms with van der Waals surface area (Å²) in [6, 6.07) is 10.6. The highest BCUT2D eigenvalue weighted by Gasteiger charge is 2.45. The van der Waals surface area contributed by atoms with Gasteiger partial charge in [-0.05, 0) is 130 Å². The van der Waals surface area contributed by atoms with E-state index in [1.165, 1.54) is 30.2 Å². The van der Waals surface area contributed by atoms with Gasteiger partial charge in [0.2, 0.25) is 0 Å². The van der Waals surface area contributed by atoms with Crippen molar-refractivity contribution in [1.82, 2.24) is 20.5 Å². The van der Waals surface area contributed by atoms with Crippen molar-refractivity contribution >= 4 is 16.7 Å². The van der Waals surface area contributed by atoms with E-state index in [2.05, 4.69) is 52.6 Å². The van der Waals surface area contributed by atoms with E-state index in [0.717, 1.165) is 57.6 Å². The van der Waals surface area contributed by atoms with Crippen LogP contribution >= 0.6 is 0 Å². The quantitative estimate of drug-likeness (QED) is 0.0655. The summed E-state index contributed by atoms with van der Waals surface area (Å²) in [6.07, 6.45) is 7.18. The largest absolute Gasteiger partial charge is 0.396 e. The zero-order valence-electron chi connectivity index (χ0n) is 46.1.